The first-order valence-corrected chi connectivity index (χ1v) is 16.1. The molecule has 1 atom stereocenters. The van der Waals surface area contributed by atoms with Crippen LogP contribution in [0, 0.1) is 12.8 Å². The number of quaternary nitrogens is 1. The van der Waals surface area contributed by atoms with E-state index >= 15 is 0 Å². The summed E-state index contributed by atoms with van der Waals surface area (Å²) in [4.78, 5) is 74.5. The Morgan fingerprint density at radius 3 is 2.10 bits per heavy atom. The number of amides is 3. The first-order chi connectivity index (χ1) is 23.0. The molecule has 1 aliphatic rings. The second kappa shape index (κ2) is 13.2. The smallest absolute Gasteiger partial charge is 0.300 e. The fourth-order valence-corrected chi connectivity index (χ4v) is 6.38. The number of fused-ring (bicyclic) bond motifs is 2. The van der Waals surface area contributed by atoms with Gasteiger partial charge in [-0.1, -0.05) is 85.6 Å². The maximum Gasteiger partial charge on any atom is 0.362 e. The molecule has 3 amide bonds. The molecule has 0 spiro atoms. The Balaban J connectivity index is 1.35. The molecule has 5 aromatic rings. The second-order valence-electron chi connectivity index (χ2n) is 12.4. The number of halogens is 1. The van der Waals surface area contributed by atoms with Crippen LogP contribution >= 0.6 is 11.6 Å². The average molecular weight is 662 g/mol. The van der Waals surface area contributed by atoms with Gasteiger partial charge in [0.25, 0.3) is 5.56 Å². The van der Waals surface area contributed by atoms with Gasteiger partial charge >= 0.3 is 17.7 Å². The second-order valence-corrected chi connectivity index (χ2v) is 12.9. The summed E-state index contributed by atoms with van der Waals surface area (Å²) in [6.45, 7) is 5.00. The minimum atomic E-state index is -1.29. The van der Waals surface area contributed by atoms with E-state index in [9.17, 15) is 24.0 Å². The van der Waals surface area contributed by atoms with Crippen LogP contribution in [-0.4, -0.2) is 50.6 Å². The Bertz CT molecular complexity index is 2110. The van der Waals surface area contributed by atoms with Gasteiger partial charge in [-0.15, -0.1) is 4.48 Å². The number of nitrogens with one attached hydrogen (secondary N) is 1. The van der Waals surface area contributed by atoms with Crippen molar-refractivity contribution < 1.29 is 23.7 Å². The summed E-state index contributed by atoms with van der Waals surface area (Å²) < 4.78 is 0.299. The van der Waals surface area contributed by atoms with Crippen molar-refractivity contribution in [2.24, 2.45) is 5.92 Å². The van der Waals surface area contributed by atoms with Gasteiger partial charge in [0, 0.05) is 5.02 Å². The number of aryl methyl sites for hydroxylation is 1. The Morgan fingerprint density at radius 1 is 0.854 bits per heavy atom. The fraction of sp³-hybridized carbons (Fsp3) is 0.211. The minimum Gasteiger partial charge on any atom is -0.300 e. The van der Waals surface area contributed by atoms with Crippen LogP contribution in [0.2, 0.25) is 5.02 Å². The van der Waals surface area contributed by atoms with Crippen LogP contribution in [0.3, 0.4) is 0 Å². The normalized spacial score (nSPS) is 14.4. The maximum atomic E-state index is 14.1. The van der Waals surface area contributed by atoms with Crippen molar-refractivity contribution in [1.29, 1.82) is 0 Å². The van der Waals surface area contributed by atoms with Gasteiger partial charge in [0.15, 0.2) is 6.54 Å². The van der Waals surface area contributed by atoms with Gasteiger partial charge in [-0.05, 0) is 60.9 Å². The highest BCUT2D eigenvalue weighted by molar-refractivity contribution is 6.31. The van der Waals surface area contributed by atoms with E-state index in [1.54, 1.807) is 59.2 Å². The third-order valence-electron chi connectivity index (χ3n) is 8.73. The minimum absolute atomic E-state index is 0.104. The van der Waals surface area contributed by atoms with Crippen molar-refractivity contribution in [3.05, 3.63) is 146 Å². The van der Waals surface area contributed by atoms with E-state index in [2.05, 4.69) is 5.32 Å². The van der Waals surface area contributed by atoms with Crippen molar-refractivity contribution in [3.63, 3.8) is 0 Å². The van der Waals surface area contributed by atoms with Crippen molar-refractivity contribution >= 4 is 46.0 Å². The Kier molecular flexibility index (Phi) is 9.03. The number of carbonyl (C=O) groups excluding carboxylic acids is 4. The first-order valence-electron chi connectivity index (χ1n) is 15.7. The molecule has 0 aliphatic carbocycles. The van der Waals surface area contributed by atoms with Gasteiger partial charge < -0.3 is 5.32 Å². The lowest BCUT2D eigenvalue weighted by Gasteiger charge is -2.27. The number of benzene rings is 4. The molecular weight excluding hydrogens is 628 g/mol. The van der Waals surface area contributed by atoms with E-state index in [1.807, 2.05) is 51.1 Å². The Hall–Kier alpha value is -5.09. The van der Waals surface area contributed by atoms with Crippen LogP contribution in [0.4, 0.5) is 0 Å². The van der Waals surface area contributed by atoms with E-state index in [0.717, 1.165) is 11.1 Å². The molecule has 1 N–H and O–H groups in total. The van der Waals surface area contributed by atoms with Crippen molar-refractivity contribution in [2.75, 3.05) is 13.1 Å². The number of ketones is 1. The van der Waals surface area contributed by atoms with Crippen LogP contribution in [0.25, 0.3) is 10.9 Å². The summed E-state index contributed by atoms with van der Waals surface area (Å²) in [5.74, 6) is -2.52. The molecule has 6 rings (SSSR count). The summed E-state index contributed by atoms with van der Waals surface area (Å²) in [5, 5.41) is 4.08. The predicted octanol–water partition coefficient (Wildman–Crippen LogP) is 5.91. The number of carbonyl (C=O) groups is 4. The molecule has 0 fully saturated rings. The van der Waals surface area contributed by atoms with E-state index in [0.29, 0.717) is 21.7 Å². The Labute approximate surface area is 282 Å². The van der Waals surface area contributed by atoms with Crippen LogP contribution in [0.5, 0.6) is 0 Å². The van der Waals surface area contributed by atoms with Crippen LogP contribution in [0.15, 0.2) is 102 Å². The molecule has 0 radical (unpaired) electrons. The van der Waals surface area contributed by atoms with Gasteiger partial charge in [-0.3, -0.25) is 14.2 Å². The van der Waals surface area contributed by atoms with Crippen molar-refractivity contribution in [2.45, 2.75) is 33.4 Å². The molecule has 10 heteroatoms. The molecule has 2 heterocycles. The van der Waals surface area contributed by atoms with Crippen molar-refractivity contribution in [3.8, 4) is 0 Å². The number of Topliss-reactive ketones (excluding diaryl/α,β-unsaturated/α-hetero) is 1. The quantitative estimate of drug-likeness (QED) is 0.146. The van der Waals surface area contributed by atoms with E-state index in [-0.39, 0.29) is 41.3 Å². The maximum absolute atomic E-state index is 14.1. The first kappa shape index (κ1) is 32.8. The summed E-state index contributed by atoms with van der Waals surface area (Å²) in [6.07, 6.45) is 0. The van der Waals surface area contributed by atoms with E-state index in [4.69, 9.17) is 16.6 Å². The summed E-state index contributed by atoms with van der Waals surface area (Å²) in [6, 6.07) is 26.6. The molecule has 48 heavy (non-hydrogen) atoms. The summed E-state index contributed by atoms with van der Waals surface area (Å²) in [7, 11) is 0. The lowest BCUT2D eigenvalue weighted by molar-refractivity contribution is -0.665. The third-order valence-corrected chi connectivity index (χ3v) is 8.97. The van der Waals surface area contributed by atoms with Gasteiger partial charge in [0.1, 0.15) is 5.82 Å². The molecule has 9 nitrogen and oxygen atoms in total. The molecule has 0 unspecified atom stereocenters. The largest absolute Gasteiger partial charge is 0.362 e. The highest BCUT2D eigenvalue weighted by atomic mass is 35.5. The molecule has 0 bridgehead atoms. The van der Waals surface area contributed by atoms with Gasteiger partial charge in [0.05, 0.1) is 46.7 Å². The third kappa shape index (κ3) is 5.92. The van der Waals surface area contributed by atoms with E-state index in [1.165, 1.54) is 12.1 Å². The summed E-state index contributed by atoms with van der Waals surface area (Å²) in [5.41, 5.74) is 2.32. The van der Waals surface area contributed by atoms with E-state index < -0.39 is 40.6 Å². The molecule has 0 saturated heterocycles. The monoisotopic (exact) mass is 661 g/mol. The molecule has 4 aromatic carbocycles. The number of imide groups is 3. The molecule has 242 valence electrons. The van der Waals surface area contributed by atoms with Crippen molar-refractivity contribution in [1.82, 2.24) is 14.9 Å². The lowest BCUT2D eigenvalue weighted by atomic mass is 10.0. The number of aromatic nitrogens is 2. The van der Waals surface area contributed by atoms with Gasteiger partial charge in [-0.2, -0.15) is 0 Å². The van der Waals surface area contributed by atoms with Crippen LogP contribution < -0.4 is 10.9 Å². The standard InChI is InChI=1S/C38H34ClN4O5/c1-23(2)33(34-41-32-19-27(39)17-18-31(32)35(45)42(34)21-25-9-5-4-6-10-25)40-20-28(44)22-43(36(46)26-15-13-24(3)14-16-26)37(47)29-11-7-8-12-30(29)38(43)48/h4-19,23,33,40H,20-22H2,1-3H3/q+1/t33-/m1/s1. The predicted molar refractivity (Wildman–Crippen MR) is 183 cm³/mol. The van der Waals surface area contributed by atoms with Gasteiger partial charge in [-0.25, -0.2) is 19.4 Å². The van der Waals surface area contributed by atoms with Gasteiger partial charge in [0.2, 0.25) is 5.78 Å². The van der Waals surface area contributed by atoms with Crippen LogP contribution in [0.1, 0.15) is 67.9 Å². The highest BCUT2D eigenvalue weighted by Gasteiger charge is 2.60. The highest BCUT2D eigenvalue weighted by Crippen LogP contribution is 2.33. The summed E-state index contributed by atoms with van der Waals surface area (Å²) >= 11 is 6.27. The molecular formula is C38H34ClN4O5+. The fourth-order valence-electron chi connectivity index (χ4n) is 6.21. The zero-order valence-electron chi connectivity index (χ0n) is 26.8. The zero-order valence-corrected chi connectivity index (χ0v) is 27.5. The number of hydrogen-bond donors (Lipinski definition) is 1. The number of nitrogens with zero attached hydrogens (tertiary/aromatic N) is 3. The average Bonchev–Trinajstić information content (AvgIpc) is 3.29. The molecule has 1 aliphatic heterocycles. The SMILES string of the molecule is Cc1ccc(C(=O)[N+]2(CC(=O)CN[C@@H](c3nc4cc(Cl)ccc4c(=O)n3Cc3ccccc3)C(C)C)C(=O)c3ccccc3C2=O)cc1. The molecule has 1 aromatic heterocycles. The topological polar surface area (TPSA) is 115 Å². The number of hydrogen-bond acceptors (Lipinski definition) is 7. The lowest BCUT2D eigenvalue weighted by Crippen LogP contribution is -2.60. The molecule has 0 saturated carbocycles. The number of rotatable bonds is 10. The zero-order chi connectivity index (χ0) is 34.2. The van der Waals surface area contributed by atoms with Crippen LogP contribution in [-0.2, 0) is 11.3 Å². The Morgan fingerprint density at radius 2 is 1.48 bits per heavy atom.